The molecule has 3 heterocycles. The first kappa shape index (κ1) is 22.4. The van der Waals surface area contributed by atoms with Gasteiger partial charge in [0.1, 0.15) is 16.5 Å². The van der Waals surface area contributed by atoms with Crippen LogP contribution in [0, 0.1) is 0 Å². The molecule has 0 unspecified atom stereocenters. The molecule has 4 aromatic rings. The molecule has 0 saturated heterocycles. The van der Waals surface area contributed by atoms with Gasteiger partial charge in [0.2, 0.25) is 0 Å². The Kier molecular flexibility index (Phi) is 5.76. The van der Waals surface area contributed by atoms with E-state index in [0.29, 0.717) is 23.1 Å². The molecule has 2 N–H and O–H groups in total. The summed E-state index contributed by atoms with van der Waals surface area (Å²) in [6.07, 6.45) is -0.0950. The van der Waals surface area contributed by atoms with Crippen molar-refractivity contribution >= 4 is 39.7 Å². The zero-order valence-corrected chi connectivity index (χ0v) is 18.6. The monoisotopic (exact) mass is 488 g/mol. The molecule has 1 aromatic carbocycles. The first-order valence-electron chi connectivity index (χ1n) is 10.8. The van der Waals surface area contributed by atoms with E-state index < -0.39 is 11.9 Å². The third-order valence-electron chi connectivity index (χ3n) is 5.90. The predicted molar refractivity (Wildman–Crippen MR) is 122 cm³/mol. The number of pyridine rings is 1. The quantitative estimate of drug-likeness (QED) is 0.417. The number of hydrogen-bond donors (Lipinski definition) is 2. The van der Waals surface area contributed by atoms with Gasteiger partial charge in [-0.3, -0.25) is 4.79 Å². The number of halogens is 4. The van der Waals surface area contributed by atoms with Crippen molar-refractivity contribution in [2.24, 2.45) is 0 Å². The lowest BCUT2D eigenvalue weighted by Gasteiger charge is -2.31. The van der Waals surface area contributed by atoms with Crippen LogP contribution in [0.1, 0.15) is 41.9 Å². The maximum absolute atomic E-state index is 13.4. The molecule has 3 aromatic heterocycles. The highest BCUT2D eigenvalue weighted by Crippen LogP contribution is 2.34. The Labute approximate surface area is 197 Å². The molecular weight excluding hydrogens is 469 g/mol. The molecule has 1 aliphatic rings. The number of para-hydroxylation sites is 1. The Hall–Kier alpha value is -3.40. The van der Waals surface area contributed by atoms with Crippen LogP contribution in [0.4, 0.5) is 18.9 Å². The Bertz CT molecular complexity index is 1370. The number of amides is 1. The van der Waals surface area contributed by atoms with E-state index in [1.165, 1.54) is 10.7 Å². The van der Waals surface area contributed by atoms with Gasteiger partial charge in [-0.15, -0.1) is 0 Å². The summed E-state index contributed by atoms with van der Waals surface area (Å²) < 4.78 is 41.6. The molecule has 1 saturated carbocycles. The minimum Gasteiger partial charge on any atom is -0.382 e. The summed E-state index contributed by atoms with van der Waals surface area (Å²) in [5, 5.41) is 11.3. The molecule has 7 nitrogen and oxygen atoms in total. The Balaban J connectivity index is 1.32. The van der Waals surface area contributed by atoms with Gasteiger partial charge in [0.15, 0.2) is 5.65 Å². The van der Waals surface area contributed by atoms with Crippen LogP contribution >= 0.6 is 11.6 Å². The van der Waals surface area contributed by atoms with E-state index in [1.807, 2.05) is 0 Å². The number of nitrogens with one attached hydrogen (secondary N) is 2. The number of carbonyl (C=O) groups excluding carboxylic acids is 1. The minimum absolute atomic E-state index is 0.104. The van der Waals surface area contributed by atoms with E-state index in [2.05, 4.69) is 25.7 Å². The average Bonchev–Trinajstić information content (AvgIpc) is 3.22. The molecule has 11 heteroatoms. The van der Waals surface area contributed by atoms with Gasteiger partial charge < -0.3 is 10.6 Å². The number of nitrogens with zero attached hydrogens (tertiary/aromatic N) is 4. The van der Waals surface area contributed by atoms with Crippen LogP contribution in [0.25, 0.3) is 16.6 Å². The standard InChI is InChI=1S/C23H20ClF3N6O/c24-20-8-9-21-31-18(12-33(21)32-20)22(34)29-14-5-3-4-13(10-14)28-17-11-19(23(25,26)27)30-16-7-2-1-6-15(16)17/h1-2,6-9,11-14H,3-5,10H2,(H,28,30)(H,29,34)/t13-,14+/m0/s1. The molecule has 5 rings (SSSR count). The lowest BCUT2D eigenvalue weighted by Crippen LogP contribution is -2.42. The number of rotatable bonds is 4. The summed E-state index contributed by atoms with van der Waals surface area (Å²) in [5.74, 6) is -0.332. The molecule has 0 bridgehead atoms. The van der Waals surface area contributed by atoms with E-state index in [4.69, 9.17) is 11.6 Å². The molecule has 1 fully saturated rings. The van der Waals surface area contributed by atoms with Crippen molar-refractivity contribution < 1.29 is 18.0 Å². The van der Waals surface area contributed by atoms with Gasteiger partial charge >= 0.3 is 6.18 Å². The van der Waals surface area contributed by atoms with Gasteiger partial charge in [-0.05, 0) is 49.9 Å². The lowest BCUT2D eigenvalue weighted by atomic mass is 9.90. The van der Waals surface area contributed by atoms with Crippen molar-refractivity contribution in [1.29, 1.82) is 0 Å². The minimum atomic E-state index is -4.54. The van der Waals surface area contributed by atoms with Crippen molar-refractivity contribution in [3.63, 3.8) is 0 Å². The first-order chi connectivity index (χ1) is 16.3. The number of anilines is 1. The molecular formula is C23H20ClF3N6O. The number of benzene rings is 1. The second kappa shape index (κ2) is 8.75. The fraction of sp³-hybridized carbons (Fsp3) is 0.304. The van der Waals surface area contributed by atoms with Gasteiger partial charge in [-0.1, -0.05) is 29.8 Å². The van der Waals surface area contributed by atoms with Crippen LogP contribution in [0.3, 0.4) is 0 Å². The van der Waals surface area contributed by atoms with E-state index in [9.17, 15) is 18.0 Å². The molecule has 0 spiro atoms. The third-order valence-corrected chi connectivity index (χ3v) is 6.10. The molecule has 0 aliphatic heterocycles. The summed E-state index contributed by atoms with van der Waals surface area (Å²) in [7, 11) is 0. The zero-order chi connectivity index (χ0) is 23.9. The number of fused-ring (bicyclic) bond motifs is 2. The Morgan fingerprint density at radius 3 is 2.71 bits per heavy atom. The predicted octanol–water partition coefficient (Wildman–Crippen LogP) is 5.10. The van der Waals surface area contributed by atoms with Crippen LogP contribution in [0.5, 0.6) is 0 Å². The maximum Gasteiger partial charge on any atom is 0.433 e. The summed E-state index contributed by atoms with van der Waals surface area (Å²) in [6.45, 7) is 0. The molecule has 0 radical (unpaired) electrons. The fourth-order valence-electron chi connectivity index (χ4n) is 4.34. The second-order valence-electron chi connectivity index (χ2n) is 8.33. The van der Waals surface area contributed by atoms with Crippen molar-refractivity contribution in [3.8, 4) is 0 Å². The van der Waals surface area contributed by atoms with Crippen LogP contribution in [0.2, 0.25) is 5.15 Å². The average molecular weight is 489 g/mol. The smallest absolute Gasteiger partial charge is 0.382 e. The van der Waals surface area contributed by atoms with Crippen molar-refractivity contribution in [3.05, 3.63) is 65.2 Å². The van der Waals surface area contributed by atoms with Crippen LogP contribution in [0.15, 0.2) is 48.7 Å². The van der Waals surface area contributed by atoms with E-state index >= 15 is 0 Å². The molecule has 2 atom stereocenters. The maximum atomic E-state index is 13.4. The van der Waals surface area contributed by atoms with E-state index in [1.54, 1.807) is 36.4 Å². The number of imidazole rings is 1. The Morgan fingerprint density at radius 1 is 1.09 bits per heavy atom. The molecule has 1 amide bonds. The molecule has 34 heavy (non-hydrogen) atoms. The first-order valence-corrected chi connectivity index (χ1v) is 11.2. The number of hydrogen-bond acceptors (Lipinski definition) is 5. The second-order valence-corrected chi connectivity index (χ2v) is 8.72. The van der Waals surface area contributed by atoms with Gasteiger partial charge in [0, 0.05) is 23.2 Å². The lowest BCUT2D eigenvalue weighted by molar-refractivity contribution is -0.140. The highest BCUT2D eigenvalue weighted by Gasteiger charge is 2.34. The van der Waals surface area contributed by atoms with Crippen LogP contribution in [-0.2, 0) is 6.18 Å². The topological polar surface area (TPSA) is 84.2 Å². The van der Waals surface area contributed by atoms with E-state index in [0.717, 1.165) is 25.3 Å². The largest absolute Gasteiger partial charge is 0.433 e. The molecule has 1 aliphatic carbocycles. The Morgan fingerprint density at radius 2 is 1.88 bits per heavy atom. The fourth-order valence-corrected chi connectivity index (χ4v) is 4.48. The van der Waals surface area contributed by atoms with E-state index in [-0.39, 0.29) is 34.4 Å². The normalized spacial score (nSPS) is 18.8. The van der Waals surface area contributed by atoms with Gasteiger partial charge in [0.05, 0.1) is 11.7 Å². The van der Waals surface area contributed by atoms with Gasteiger partial charge in [0.25, 0.3) is 5.91 Å². The van der Waals surface area contributed by atoms with Gasteiger partial charge in [-0.2, -0.15) is 18.3 Å². The van der Waals surface area contributed by atoms with Gasteiger partial charge in [-0.25, -0.2) is 14.5 Å². The summed E-state index contributed by atoms with van der Waals surface area (Å²) in [5.41, 5.74) is 0.455. The molecule has 176 valence electrons. The van der Waals surface area contributed by atoms with Crippen molar-refractivity contribution in [2.75, 3.05) is 5.32 Å². The van der Waals surface area contributed by atoms with Crippen LogP contribution in [-0.4, -0.2) is 37.6 Å². The number of alkyl halides is 3. The van der Waals surface area contributed by atoms with Crippen LogP contribution < -0.4 is 10.6 Å². The summed E-state index contributed by atoms with van der Waals surface area (Å²) in [4.78, 5) is 20.8. The number of carbonyl (C=O) groups is 1. The summed E-state index contributed by atoms with van der Waals surface area (Å²) in [6, 6.07) is 10.8. The third kappa shape index (κ3) is 4.63. The summed E-state index contributed by atoms with van der Waals surface area (Å²) >= 11 is 5.88. The highest BCUT2D eigenvalue weighted by atomic mass is 35.5. The van der Waals surface area contributed by atoms with Crippen molar-refractivity contribution in [1.82, 2.24) is 24.9 Å². The van der Waals surface area contributed by atoms with Crippen molar-refractivity contribution in [2.45, 2.75) is 43.9 Å². The zero-order valence-electron chi connectivity index (χ0n) is 17.8. The highest BCUT2D eigenvalue weighted by molar-refractivity contribution is 6.29. The number of aromatic nitrogens is 4. The SMILES string of the molecule is O=C(N[C@@H]1CCC[C@H](Nc2cc(C(F)(F)F)nc3ccccc23)C1)c1cn2nc(Cl)ccc2n1.